The highest BCUT2D eigenvalue weighted by Crippen LogP contribution is 2.53. The molecule has 37 heavy (non-hydrogen) atoms. The van der Waals surface area contributed by atoms with Gasteiger partial charge >= 0.3 is 6.36 Å². The van der Waals surface area contributed by atoms with Crippen molar-refractivity contribution in [2.45, 2.75) is 64.0 Å². The Balaban J connectivity index is 1.24. The number of hydrogen-bond donors (Lipinski definition) is 1. The van der Waals surface area contributed by atoms with Gasteiger partial charge in [0.05, 0.1) is 17.5 Å². The van der Waals surface area contributed by atoms with Gasteiger partial charge in [-0.3, -0.25) is 14.4 Å². The number of ether oxygens (including phenoxy) is 1. The van der Waals surface area contributed by atoms with Crippen LogP contribution in [0, 0.1) is 5.41 Å². The number of rotatable bonds is 7. The van der Waals surface area contributed by atoms with E-state index < -0.39 is 30.2 Å². The molecule has 1 aromatic rings. The molecule has 204 valence electrons. The van der Waals surface area contributed by atoms with E-state index in [1.165, 1.54) is 17.0 Å². The lowest BCUT2D eigenvalue weighted by Gasteiger charge is -2.39. The van der Waals surface area contributed by atoms with Crippen molar-refractivity contribution in [2.24, 2.45) is 5.41 Å². The van der Waals surface area contributed by atoms with Crippen LogP contribution in [-0.2, 0) is 20.8 Å². The molecule has 0 unspecified atom stereocenters. The number of nitrogens with zero attached hydrogens (tertiary/aromatic N) is 3. The van der Waals surface area contributed by atoms with Gasteiger partial charge in [-0.25, -0.2) is 0 Å². The maximum Gasteiger partial charge on any atom is 0.573 e. The lowest BCUT2D eigenvalue weighted by Crippen LogP contribution is -2.58. The van der Waals surface area contributed by atoms with E-state index in [2.05, 4.69) is 4.74 Å². The Morgan fingerprint density at radius 1 is 1.16 bits per heavy atom. The van der Waals surface area contributed by atoms with E-state index in [1.807, 2.05) is 0 Å². The van der Waals surface area contributed by atoms with Crippen LogP contribution < -0.4 is 4.74 Å². The van der Waals surface area contributed by atoms with Gasteiger partial charge in [0, 0.05) is 39.1 Å². The maximum atomic E-state index is 12.9. The van der Waals surface area contributed by atoms with Crippen molar-refractivity contribution in [2.75, 3.05) is 32.7 Å². The summed E-state index contributed by atoms with van der Waals surface area (Å²) in [7, 11) is 0. The molecule has 0 aromatic heterocycles. The SMILES string of the molecule is C[C@H]1C(=O)N(CCCC(=O)N2CCC3(CC3)[C@H](O)C2)CCN1C(=O)Cc1ccc(Cl)c(OC(F)(F)F)c1. The van der Waals surface area contributed by atoms with Crippen LogP contribution in [-0.4, -0.2) is 88.8 Å². The highest BCUT2D eigenvalue weighted by molar-refractivity contribution is 6.32. The summed E-state index contributed by atoms with van der Waals surface area (Å²) in [6, 6.07) is 3.00. The van der Waals surface area contributed by atoms with E-state index in [0.717, 1.165) is 25.3 Å². The number of carbonyl (C=O) groups is 3. The number of alkyl halides is 3. The third-order valence-corrected chi connectivity index (χ3v) is 8.00. The van der Waals surface area contributed by atoms with Crippen LogP contribution in [0.1, 0.15) is 44.6 Å². The van der Waals surface area contributed by atoms with Gasteiger partial charge in [0.2, 0.25) is 17.7 Å². The molecule has 1 aromatic carbocycles. The molecule has 12 heteroatoms. The van der Waals surface area contributed by atoms with Gasteiger partial charge in [0.1, 0.15) is 11.8 Å². The van der Waals surface area contributed by atoms with Gasteiger partial charge in [-0.15, -0.1) is 13.2 Å². The molecule has 1 aliphatic carbocycles. The first-order chi connectivity index (χ1) is 17.4. The molecule has 3 aliphatic rings. The number of hydrogen-bond acceptors (Lipinski definition) is 5. The standard InChI is InChI=1S/C25H31ClF3N3O5/c1-16-23(36)30(9-2-3-21(34)31-10-8-24(6-7-24)20(33)15-31)11-12-32(16)22(35)14-17-4-5-18(26)19(13-17)37-25(27,28)29/h4-5,13,16,20,33H,2-3,6-12,14-15H2,1H3/t16-,20+/m0/s1. The molecule has 1 spiro atoms. The number of amides is 3. The summed E-state index contributed by atoms with van der Waals surface area (Å²) in [4.78, 5) is 43.1. The highest BCUT2D eigenvalue weighted by Gasteiger charge is 2.51. The number of carbonyl (C=O) groups excluding carboxylic acids is 3. The number of aliphatic hydroxyl groups is 1. The molecule has 0 radical (unpaired) electrons. The maximum absolute atomic E-state index is 12.9. The molecule has 8 nitrogen and oxygen atoms in total. The Bertz CT molecular complexity index is 1050. The minimum Gasteiger partial charge on any atom is -0.404 e. The third-order valence-electron chi connectivity index (χ3n) is 7.69. The number of aliphatic hydroxyl groups excluding tert-OH is 1. The summed E-state index contributed by atoms with van der Waals surface area (Å²) < 4.78 is 41.6. The van der Waals surface area contributed by atoms with Gasteiger partial charge < -0.3 is 24.5 Å². The van der Waals surface area contributed by atoms with Crippen molar-refractivity contribution in [3.8, 4) is 5.75 Å². The molecule has 4 rings (SSSR count). The lowest BCUT2D eigenvalue weighted by molar-refractivity contribution is -0.274. The normalized spacial score (nSPS) is 23.4. The zero-order chi connectivity index (χ0) is 27.0. The smallest absolute Gasteiger partial charge is 0.404 e. The minimum atomic E-state index is -4.91. The monoisotopic (exact) mass is 545 g/mol. The fraction of sp³-hybridized carbons (Fsp3) is 0.640. The van der Waals surface area contributed by atoms with E-state index in [4.69, 9.17) is 11.6 Å². The lowest BCUT2D eigenvalue weighted by atomic mass is 9.90. The zero-order valence-corrected chi connectivity index (χ0v) is 21.4. The van der Waals surface area contributed by atoms with E-state index in [0.29, 0.717) is 32.6 Å². The second-order valence-corrected chi connectivity index (χ2v) is 10.6. The first-order valence-electron chi connectivity index (χ1n) is 12.5. The molecule has 2 saturated heterocycles. The Kier molecular flexibility index (Phi) is 7.94. The molecule has 3 fully saturated rings. The fourth-order valence-corrected chi connectivity index (χ4v) is 5.35. The number of likely N-dealkylation sites (tertiary alicyclic amines) is 1. The second kappa shape index (κ2) is 10.7. The number of halogens is 4. The van der Waals surface area contributed by atoms with Crippen LogP contribution in [0.3, 0.4) is 0 Å². The molecule has 2 atom stereocenters. The van der Waals surface area contributed by atoms with Crippen molar-refractivity contribution in [3.05, 3.63) is 28.8 Å². The largest absolute Gasteiger partial charge is 0.573 e. The van der Waals surface area contributed by atoms with Crippen molar-refractivity contribution in [1.82, 2.24) is 14.7 Å². The average molecular weight is 546 g/mol. The van der Waals surface area contributed by atoms with Crippen molar-refractivity contribution < 1.29 is 37.4 Å². The fourth-order valence-electron chi connectivity index (χ4n) is 5.20. The molecule has 0 bridgehead atoms. The molecule has 3 amide bonds. The van der Waals surface area contributed by atoms with Crippen LogP contribution >= 0.6 is 11.6 Å². The minimum absolute atomic E-state index is 0.0271. The molecule has 2 heterocycles. The Morgan fingerprint density at radius 2 is 1.89 bits per heavy atom. The van der Waals surface area contributed by atoms with E-state index in [1.54, 1.807) is 16.7 Å². The number of piperidine rings is 1. The first-order valence-corrected chi connectivity index (χ1v) is 12.8. The topological polar surface area (TPSA) is 90.4 Å². The summed E-state index contributed by atoms with van der Waals surface area (Å²) >= 11 is 5.77. The summed E-state index contributed by atoms with van der Waals surface area (Å²) in [6.07, 6.45) is -1.94. The second-order valence-electron chi connectivity index (χ2n) is 10.1. The number of β-amino-alcohol motifs (C(OH)–C–C–N with tert-alkyl or cyclic N) is 1. The first kappa shape index (κ1) is 27.5. The average Bonchev–Trinajstić information content (AvgIpc) is 3.60. The van der Waals surface area contributed by atoms with Gasteiger partial charge in [0.25, 0.3) is 0 Å². The molecule has 1 N–H and O–H groups in total. The third kappa shape index (κ3) is 6.49. The summed E-state index contributed by atoms with van der Waals surface area (Å²) in [5, 5.41) is 10.1. The molecule has 1 saturated carbocycles. The van der Waals surface area contributed by atoms with Gasteiger partial charge in [-0.1, -0.05) is 17.7 Å². The Morgan fingerprint density at radius 3 is 2.54 bits per heavy atom. The molecule has 2 aliphatic heterocycles. The van der Waals surface area contributed by atoms with E-state index >= 15 is 0 Å². The van der Waals surface area contributed by atoms with Crippen molar-refractivity contribution in [1.29, 1.82) is 0 Å². The summed E-state index contributed by atoms with van der Waals surface area (Å²) in [6.45, 7) is 3.60. The summed E-state index contributed by atoms with van der Waals surface area (Å²) in [5.74, 6) is -1.25. The van der Waals surface area contributed by atoms with Gasteiger partial charge in [0.15, 0.2) is 0 Å². The quantitative estimate of drug-likeness (QED) is 0.569. The Hall–Kier alpha value is -2.53. The van der Waals surface area contributed by atoms with Crippen LogP contribution in [0.5, 0.6) is 5.75 Å². The molecular formula is C25H31ClF3N3O5. The summed E-state index contributed by atoms with van der Waals surface area (Å²) in [5.41, 5.74) is 0.313. The van der Waals surface area contributed by atoms with Gasteiger partial charge in [-0.2, -0.15) is 0 Å². The predicted octanol–water partition coefficient (Wildman–Crippen LogP) is 2.99. The van der Waals surface area contributed by atoms with E-state index in [-0.39, 0.29) is 47.2 Å². The van der Waals surface area contributed by atoms with Crippen LogP contribution in [0.4, 0.5) is 13.2 Å². The Labute approximate surface area is 218 Å². The number of benzene rings is 1. The predicted molar refractivity (Wildman–Crippen MR) is 128 cm³/mol. The molecular weight excluding hydrogens is 515 g/mol. The highest BCUT2D eigenvalue weighted by atomic mass is 35.5. The van der Waals surface area contributed by atoms with Crippen LogP contribution in [0.25, 0.3) is 0 Å². The number of piperazine rings is 1. The van der Waals surface area contributed by atoms with E-state index in [9.17, 15) is 32.7 Å². The van der Waals surface area contributed by atoms with Crippen molar-refractivity contribution in [3.63, 3.8) is 0 Å². The van der Waals surface area contributed by atoms with Gasteiger partial charge in [-0.05, 0) is 55.7 Å². The van der Waals surface area contributed by atoms with Crippen molar-refractivity contribution >= 4 is 29.3 Å². The zero-order valence-electron chi connectivity index (χ0n) is 20.6. The van der Waals surface area contributed by atoms with Crippen LogP contribution in [0.2, 0.25) is 5.02 Å². The van der Waals surface area contributed by atoms with Crippen LogP contribution in [0.15, 0.2) is 18.2 Å².